The van der Waals surface area contributed by atoms with Crippen LogP contribution in [0.1, 0.15) is 16.1 Å². The molecule has 4 aromatic rings. The fourth-order valence-corrected chi connectivity index (χ4v) is 2.86. The summed E-state index contributed by atoms with van der Waals surface area (Å²) in [6.07, 6.45) is 3.49. The van der Waals surface area contributed by atoms with E-state index in [0.29, 0.717) is 11.5 Å². The van der Waals surface area contributed by atoms with Gasteiger partial charge in [-0.05, 0) is 25.1 Å². The Labute approximate surface area is 149 Å². The van der Waals surface area contributed by atoms with E-state index < -0.39 is 5.97 Å². The van der Waals surface area contributed by atoms with Crippen LogP contribution in [0.2, 0.25) is 0 Å². The predicted octanol–water partition coefficient (Wildman–Crippen LogP) is 4.20. The van der Waals surface area contributed by atoms with Gasteiger partial charge in [0.1, 0.15) is 11.5 Å². The van der Waals surface area contributed by atoms with Crippen LogP contribution in [0, 0.1) is 6.92 Å². The zero-order valence-corrected chi connectivity index (χ0v) is 14.0. The Bertz CT molecular complexity index is 1080. The highest BCUT2D eigenvalue weighted by molar-refractivity contribution is 5.88. The van der Waals surface area contributed by atoms with E-state index in [1.807, 2.05) is 49.5 Å². The number of hydrogen-bond donors (Lipinski definition) is 1. The van der Waals surface area contributed by atoms with Crippen molar-refractivity contribution in [3.63, 3.8) is 0 Å². The van der Waals surface area contributed by atoms with Crippen molar-refractivity contribution in [2.45, 2.75) is 6.92 Å². The van der Waals surface area contributed by atoms with Crippen LogP contribution in [-0.4, -0.2) is 25.8 Å². The van der Waals surface area contributed by atoms with Gasteiger partial charge >= 0.3 is 5.97 Å². The van der Waals surface area contributed by atoms with E-state index in [4.69, 9.17) is 9.63 Å². The molecule has 6 heteroatoms. The molecule has 0 amide bonds. The Hall–Kier alpha value is -3.67. The molecule has 4 rings (SSSR count). The number of carbonyl (C=O) groups is 1. The minimum Gasteiger partial charge on any atom is -0.478 e. The van der Waals surface area contributed by atoms with Crippen molar-refractivity contribution in [1.29, 1.82) is 0 Å². The second-order valence-corrected chi connectivity index (χ2v) is 5.85. The predicted molar refractivity (Wildman–Crippen MR) is 96.2 cm³/mol. The number of aromatic nitrogens is 3. The second-order valence-electron chi connectivity index (χ2n) is 5.85. The summed E-state index contributed by atoms with van der Waals surface area (Å²) in [4.78, 5) is 15.6. The smallest absolute Gasteiger partial charge is 0.335 e. The third-order valence-electron chi connectivity index (χ3n) is 4.14. The number of hydrogen-bond acceptors (Lipinski definition) is 4. The van der Waals surface area contributed by atoms with Crippen LogP contribution >= 0.6 is 0 Å². The van der Waals surface area contributed by atoms with Crippen molar-refractivity contribution in [3.8, 4) is 28.2 Å². The number of carboxylic acids is 1. The lowest BCUT2D eigenvalue weighted by Gasteiger charge is -2.03. The Kier molecular flexibility index (Phi) is 3.85. The van der Waals surface area contributed by atoms with Crippen molar-refractivity contribution in [3.05, 3.63) is 78.4 Å². The molecule has 0 spiro atoms. The molecule has 0 fully saturated rings. The molecule has 2 aromatic carbocycles. The third kappa shape index (κ3) is 2.77. The van der Waals surface area contributed by atoms with E-state index in [1.165, 1.54) is 0 Å². The molecule has 6 nitrogen and oxygen atoms in total. The standard InChI is InChI=1S/C20H15N3O3/c1-13-18(19(22-26-13)14-6-3-2-4-7-14)17-11-23(12-21-17)16-9-5-8-15(10-16)20(24)25/h2-12H,1H3,(H,24,25). The normalized spacial score (nSPS) is 10.8. The van der Waals surface area contributed by atoms with Crippen molar-refractivity contribution < 1.29 is 14.4 Å². The number of rotatable bonds is 4. The fourth-order valence-electron chi connectivity index (χ4n) is 2.86. The molecule has 0 aliphatic carbocycles. The van der Waals surface area contributed by atoms with Crippen molar-refractivity contribution >= 4 is 5.97 Å². The Morgan fingerprint density at radius 1 is 1.12 bits per heavy atom. The van der Waals surface area contributed by atoms with Gasteiger partial charge in [0.15, 0.2) is 0 Å². The van der Waals surface area contributed by atoms with Gasteiger partial charge in [0.2, 0.25) is 0 Å². The van der Waals surface area contributed by atoms with Crippen LogP contribution in [0.15, 0.2) is 71.6 Å². The van der Waals surface area contributed by atoms with Gasteiger partial charge in [-0.25, -0.2) is 9.78 Å². The fraction of sp³-hybridized carbons (Fsp3) is 0.0500. The molecule has 0 bridgehead atoms. The highest BCUT2D eigenvalue weighted by Crippen LogP contribution is 2.33. The second kappa shape index (κ2) is 6.33. The van der Waals surface area contributed by atoms with E-state index in [-0.39, 0.29) is 5.56 Å². The number of carboxylic acid groups (broad SMARTS) is 1. The molecule has 0 unspecified atom stereocenters. The molecule has 0 atom stereocenters. The summed E-state index contributed by atoms with van der Waals surface area (Å²) in [5.74, 6) is -0.290. The van der Waals surface area contributed by atoms with Gasteiger partial charge in [-0.15, -0.1) is 0 Å². The number of imidazole rings is 1. The molecule has 0 aliphatic rings. The Morgan fingerprint density at radius 3 is 2.69 bits per heavy atom. The van der Waals surface area contributed by atoms with Crippen LogP contribution in [0.4, 0.5) is 0 Å². The lowest BCUT2D eigenvalue weighted by Crippen LogP contribution is -1.98. The van der Waals surface area contributed by atoms with Gasteiger partial charge in [-0.3, -0.25) is 0 Å². The number of benzene rings is 2. The summed E-state index contributed by atoms with van der Waals surface area (Å²) in [5.41, 5.74) is 4.16. The molecule has 26 heavy (non-hydrogen) atoms. The number of aromatic carboxylic acids is 1. The van der Waals surface area contributed by atoms with Gasteiger partial charge in [0.25, 0.3) is 0 Å². The quantitative estimate of drug-likeness (QED) is 0.599. The first kappa shape index (κ1) is 15.8. The lowest BCUT2D eigenvalue weighted by atomic mass is 10.0. The zero-order chi connectivity index (χ0) is 18.1. The summed E-state index contributed by atoms with van der Waals surface area (Å²) in [6.45, 7) is 1.85. The van der Waals surface area contributed by atoms with Gasteiger partial charge in [-0.1, -0.05) is 41.6 Å². The number of aryl methyl sites for hydroxylation is 1. The highest BCUT2D eigenvalue weighted by atomic mass is 16.5. The maximum atomic E-state index is 11.2. The Morgan fingerprint density at radius 2 is 1.92 bits per heavy atom. The molecule has 1 N–H and O–H groups in total. The van der Waals surface area contributed by atoms with Gasteiger partial charge in [0.05, 0.1) is 23.1 Å². The Balaban J connectivity index is 1.77. The van der Waals surface area contributed by atoms with Crippen LogP contribution in [0.5, 0.6) is 0 Å². The summed E-state index contributed by atoms with van der Waals surface area (Å²) < 4.78 is 7.17. The minimum atomic E-state index is -0.964. The molecule has 0 saturated heterocycles. The first-order valence-electron chi connectivity index (χ1n) is 8.03. The SMILES string of the molecule is Cc1onc(-c2ccccc2)c1-c1cn(-c2cccc(C(=O)O)c2)cn1. The largest absolute Gasteiger partial charge is 0.478 e. The van der Waals surface area contributed by atoms with Crippen molar-refractivity contribution in [1.82, 2.24) is 14.7 Å². The lowest BCUT2D eigenvalue weighted by molar-refractivity contribution is 0.0697. The van der Waals surface area contributed by atoms with E-state index in [1.54, 1.807) is 29.1 Å². The van der Waals surface area contributed by atoms with Crippen LogP contribution < -0.4 is 0 Å². The maximum Gasteiger partial charge on any atom is 0.335 e. The molecule has 2 heterocycles. The van der Waals surface area contributed by atoms with Crippen LogP contribution in [-0.2, 0) is 0 Å². The molecule has 0 aliphatic heterocycles. The molecular formula is C20H15N3O3. The highest BCUT2D eigenvalue weighted by Gasteiger charge is 2.19. The number of nitrogens with zero attached hydrogens (tertiary/aromatic N) is 3. The van der Waals surface area contributed by atoms with E-state index in [0.717, 1.165) is 22.5 Å². The van der Waals surface area contributed by atoms with E-state index >= 15 is 0 Å². The first-order chi connectivity index (χ1) is 12.6. The molecule has 0 radical (unpaired) electrons. The third-order valence-corrected chi connectivity index (χ3v) is 4.14. The average Bonchev–Trinajstić information content (AvgIpc) is 3.29. The topological polar surface area (TPSA) is 81.2 Å². The summed E-state index contributed by atoms with van der Waals surface area (Å²) in [5, 5.41) is 13.3. The summed E-state index contributed by atoms with van der Waals surface area (Å²) in [6, 6.07) is 16.5. The molecule has 2 aromatic heterocycles. The van der Waals surface area contributed by atoms with E-state index in [2.05, 4.69) is 10.1 Å². The van der Waals surface area contributed by atoms with Crippen molar-refractivity contribution in [2.24, 2.45) is 0 Å². The minimum absolute atomic E-state index is 0.226. The first-order valence-corrected chi connectivity index (χ1v) is 8.03. The summed E-state index contributed by atoms with van der Waals surface area (Å²) in [7, 11) is 0. The molecule has 0 saturated carbocycles. The molecular weight excluding hydrogens is 330 g/mol. The summed E-state index contributed by atoms with van der Waals surface area (Å²) >= 11 is 0. The molecule has 128 valence electrons. The van der Waals surface area contributed by atoms with E-state index in [9.17, 15) is 4.79 Å². The van der Waals surface area contributed by atoms with Gasteiger partial charge in [0, 0.05) is 17.4 Å². The maximum absolute atomic E-state index is 11.2. The monoisotopic (exact) mass is 345 g/mol. The van der Waals surface area contributed by atoms with Gasteiger partial charge in [-0.2, -0.15) is 0 Å². The van der Waals surface area contributed by atoms with Crippen LogP contribution in [0.25, 0.3) is 28.2 Å². The van der Waals surface area contributed by atoms with Crippen molar-refractivity contribution in [2.75, 3.05) is 0 Å². The van der Waals surface area contributed by atoms with Crippen LogP contribution in [0.3, 0.4) is 0 Å². The zero-order valence-electron chi connectivity index (χ0n) is 14.0. The van der Waals surface area contributed by atoms with Gasteiger partial charge < -0.3 is 14.2 Å². The average molecular weight is 345 g/mol.